The van der Waals surface area contributed by atoms with Gasteiger partial charge in [0.15, 0.2) is 6.10 Å². The van der Waals surface area contributed by atoms with Gasteiger partial charge in [-0.2, -0.15) is 0 Å². The Morgan fingerprint density at radius 3 is 2.32 bits per heavy atom. The fourth-order valence-corrected chi connectivity index (χ4v) is 2.33. The van der Waals surface area contributed by atoms with Gasteiger partial charge in [-0.25, -0.2) is 4.57 Å². The largest absolute Gasteiger partial charge is 0.472 e. The summed E-state index contributed by atoms with van der Waals surface area (Å²) in [5, 5.41) is 17.7. The van der Waals surface area contributed by atoms with E-state index in [4.69, 9.17) is 19.7 Å². The Morgan fingerprint density at radius 1 is 1.12 bits per heavy atom. The molecule has 0 aliphatic rings. The van der Waals surface area contributed by atoms with Crippen LogP contribution in [0.25, 0.3) is 0 Å². The third-order valence-corrected chi connectivity index (χ3v) is 3.77. The molecule has 0 fully saturated rings. The number of esters is 2. The Morgan fingerprint density at radius 2 is 1.76 bits per heavy atom. The molecule has 0 saturated carbocycles. The Kier molecular flexibility index (Phi) is 12.7. The highest BCUT2D eigenvalue weighted by Gasteiger charge is 2.26. The number of aliphatic hydroxyl groups is 2. The molecule has 10 nitrogen and oxygen atoms in total. The maximum atomic E-state index is 11.7. The lowest BCUT2D eigenvalue weighted by molar-refractivity contribution is -0.160. The van der Waals surface area contributed by atoms with Crippen LogP contribution in [0, 0.1) is 0 Å². The van der Waals surface area contributed by atoms with Crippen LogP contribution in [0.15, 0.2) is 0 Å². The van der Waals surface area contributed by atoms with Gasteiger partial charge in [-0.05, 0) is 6.42 Å². The summed E-state index contributed by atoms with van der Waals surface area (Å²) in [6.45, 7) is 0.997. The number of carbonyl (C=O) groups excluding carboxylic acids is 2. The molecule has 0 aliphatic heterocycles. The van der Waals surface area contributed by atoms with Gasteiger partial charge in [0.25, 0.3) is 0 Å². The predicted molar refractivity (Wildman–Crippen MR) is 85.5 cm³/mol. The predicted octanol–water partition coefficient (Wildman–Crippen LogP) is 0.528. The van der Waals surface area contributed by atoms with E-state index in [9.17, 15) is 19.0 Å². The first-order valence-corrected chi connectivity index (χ1v) is 9.43. The number of rotatable bonds is 14. The normalized spacial score (nSPS) is 15.9. The number of unbranched alkanes of at least 4 members (excludes halogenated alkanes) is 2. The van der Waals surface area contributed by atoms with E-state index in [1.165, 1.54) is 0 Å². The van der Waals surface area contributed by atoms with Crippen molar-refractivity contribution >= 4 is 19.8 Å². The van der Waals surface area contributed by atoms with Crippen LogP contribution < -0.4 is 0 Å². The minimum Gasteiger partial charge on any atom is -0.462 e. The van der Waals surface area contributed by atoms with E-state index in [0.29, 0.717) is 6.42 Å². The molecule has 0 aromatic carbocycles. The summed E-state index contributed by atoms with van der Waals surface area (Å²) >= 11 is 0. The lowest BCUT2D eigenvalue weighted by Gasteiger charge is -2.20. The highest BCUT2D eigenvalue weighted by molar-refractivity contribution is 7.47. The zero-order chi connectivity index (χ0) is 19.3. The van der Waals surface area contributed by atoms with Gasteiger partial charge in [-0.15, -0.1) is 0 Å². The van der Waals surface area contributed by atoms with E-state index in [0.717, 1.165) is 19.8 Å². The lowest BCUT2D eigenvalue weighted by atomic mass is 10.2. The van der Waals surface area contributed by atoms with Crippen molar-refractivity contribution in [1.82, 2.24) is 0 Å². The molecule has 0 heterocycles. The summed E-state index contributed by atoms with van der Waals surface area (Å²) in [7, 11) is -4.53. The molecule has 0 saturated heterocycles. The molecule has 3 unspecified atom stereocenters. The van der Waals surface area contributed by atoms with Crippen molar-refractivity contribution < 1.29 is 47.8 Å². The number of ether oxygens (including phenoxy) is 2. The summed E-state index contributed by atoms with van der Waals surface area (Å²) in [6.07, 6.45) is 0.171. The molecule has 0 radical (unpaired) electrons. The average Bonchev–Trinajstić information content (AvgIpc) is 2.55. The maximum Gasteiger partial charge on any atom is 0.472 e. The summed E-state index contributed by atoms with van der Waals surface area (Å²) in [5.74, 6) is -1.15. The van der Waals surface area contributed by atoms with E-state index < -0.39 is 51.8 Å². The first-order chi connectivity index (χ1) is 11.7. The first-order valence-electron chi connectivity index (χ1n) is 7.93. The molecule has 0 spiro atoms. The number of phosphoric acid groups is 1. The van der Waals surface area contributed by atoms with Crippen LogP contribution >= 0.6 is 7.82 Å². The molecule has 148 valence electrons. The molecule has 3 N–H and O–H groups in total. The third-order valence-electron chi connectivity index (χ3n) is 2.82. The van der Waals surface area contributed by atoms with E-state index in [1.54, 1.807) is 0 Å². The highest BCUT2D eigenvalue weighted by Crippen LogP contribution is 2.43. The standard InChI is InChI=1S/C14H27O10P/c1-3-4-5-6-14(18)24-13(9-21-11(2)16)10-23-25(19,20)22-8-12(17)7-15/h12-13,15,17H,3-10H2,1-2H3,(H,19,20). The summed E-state index contributed by atoms with van der Waals surface area (Å²) < 4.78 is 30.6. The molecule has 0 bridgehead atoms. The Balaban J connectivity index is 4.48. The monoisotopic (exact) mass is 386 g/mol. The molecule has 25 heavy (non-hydrogen) atoms. The quantitative estimate of drug-likeness (QED) is 0.219. The number of phosphoric ester groups is 1. The molecular formula is C14H27O10P. The molecule has 0 aromatic rings. The van der Waals surface area contributed by atoms with Crippen molar-refractivity contribution in [3.05, 3.63) is 0 Å². The van der Waals surface area contributed by atoms with Crippen LogP contribution in [-0.2, 0) is 32.7 Å². The highest BCUT2D eigenvalue weighted by atomic mass is 31.2. The Labute approximate surface area is 146 Å². The van der Waals surface area contributed by atoms with Crippen molar-refractivity contribution in [2.24, 2.45) is 0 Å². The molecule has 11 heteroatoms. The zero-order valence-corrected chi connectivity index (χ0v) is 15.4. The fourth-order valence-electron chi connectivity index (χ4n) is 1.54. The number of hydrogen-bond acceptors (Lipinski definition) is 9. The second-order valence-electron chi connectivity index (χ2n) is 5.27. The molecule has 0 amide bonds. The van der Waals surface area contributed by atoms with Crippen molar-refractivity contribution in [3.63, 3.8) is 0 Å². The van der Waals surface area contributed by atoms with E-state index in [2.05, 4.69) is 9.05 Å². The molecule has 0 aliphatic carbocycles. The van der Waals surface area contributed by atoms with E-state index in [1.807, 2.05) is 6.92 Å². The van der Waals surface area contributed by atoms with Gasteiger partial charge in [0.2, 0.25) is 0 Å². The topological polar surface area (TPSA) is 149 Å². The van der Waals surface area contributed by atoms with Gasteiger partial charge >= 0.3 is 19.8 Å². The molecular weight excluding hydrogens is 359 g/mol. The first kappa shape index (κ1) is 24.0. The van der Waals surface area contributed by atoms with Crippen molar-refractivity contribution in [2.75, 3.05) is 26.4 Å². The van der Waals surface area contributed by atoms with Gasteiger partial charge in [0, 0.05) is 13.3 Å². The minimum atomic E-state index is -4.53. The van der Waals surface area contributed by atoms with Crippen molar-refractivity contribution in [1.29, 1.82) is 0 Å². The Bertz CT molecular complexity index is 441. The summed E-state index contributed by atoms with van der Waals surface area (Å²) in [4.78, 5) is 32.0. The number of hydrogen-bond donors (Lipinski definition) is 3. The van der Waals surface area contributed by atoms with Crippen LogP contribution in [0.5, 0.6) is 0 Å². The minimum absolute atomic E-state index is 0.167. The van der Waals surface area contributed by atoms with Crippen LogP contribution in [0.4, 0.5) is 0 Å². The van der Waals surface area contributed by atoms with Crippen molar-refractivity contribution in [2.45, 2.75) is 51.7 Å². The van der Waals surface area contributed by atoms with Crippen LogP contribution in [-0.4, -0.2) is 65.7 Å². The summed E-state index contributed by atoms with van der Waals surface area (Å²) in [6, 6.07) is 0. The molecule has 0 aromatic heterocycles. The van der Waals surface area contributed by atoms with Gasteiger partial charge in [-0.1, -0.05) is 19.8 Å². The second-order valence-corrected chi connectivity index (χ2v) is 6.72. The third kappa shape index (κ3) is 13.9. The lowest BCUT2D eigenvalue weighted by Crippen LogP contribution is -2.29. The second kappa shape index (κ2) is 13.2. The van der Waals surface area contributed by atoms with E-state index >= 15 is 0 Å². The van der Waals surface area contributed by atoms with Crippen LogP contribution in [0.2, 0.25) is 0 Å². The van der Waals surface area contributed by atoms with Gasteiger partial charge in [0.1, 0.15) is 12.7 Å². The van der Waals surface area contributed by atoms with Gasteiger partial charge < -0.3 is 24.6 Å². The molecule has 3 atom stereocenters. The smallest absolute Gasteiger partial charge is 0.462 e. The van der Waals surface area contributed by atoms with Gasteiger partial charge in [0.05, 0.1) is 19.8 Å². The van der Waals surface area contributed by atoms with Gasteiger partial charge in [-0.3, -0.25) is 18.6 Å². The average molecular weight is 386 g/mol. The zero-order valence-electron chi connectivity index (χ0n) is 14.5. The SMILES string of the molecule is CCCCCC(=O)OC(COC(C)=O)COP(=O)(O)OCC(O)CO. The Hall–Kier alpha value is -1.03. The molecule has 0 rings (SSSR count). The number of carbonyl (C=O) groups is 2. The number of aliphatic hydroxyl groups excluding tert-OH is 2. The van der Waals surface area contributed by atoms with Crippen molar-refractivity contribution in [3.8, 4) is 0 Å². The van der Waals surface area contributed by atoms with Crippen LogP contribution in [0.3, 0.4) is 0 Å². The maximum absolute atomic E-state index is 11.7. The van der Waals surface area contributed by atoms with E-state index in [-0.39, 0.29) is 13.0 Å². The van der Waals surface area contributed by atoms with Crippen LogP contribution in [0.1, 0.15) is 39.5 Å². The fraction of sp³-hybridized carbons (Fsp3) is 0.857. The summed E-state index contributed by atoms with van der Waals surface area (Å²) in [5.41, 5.74) is 0.